The zero-order chi connectivity index (χ0) is 15.4. The van der Waals surface area contributed by atoms with Gasteiger partial charge in [0.2, 0.25) is 0 Å². The molecule has 0 unspecified atom stereocenters. The van der Waals surface area contributed by atoms with Crippen LogP contribution in [0.25, 0.3) is 0 Å². The van der Waals surface area contributed by atoms with Crippen molar-refractivity contribution >= 4 is 35.0 Å². The number of hydrogen-bond donors (Lipinski definition) is 1. The number of carbonyl (C=O) groups excluding carboxylic acids is 1. The number of rotatable bonds is 4. The van der Waals surface area contributed by atoms with E-state index in [0.717, 1.165) is 0 Å². The molecule has 0 saturated heterocycles. The van der Waals surface area contributed by atoms with Crippen LogP contribution in [0.1, 0.15) is 23.0 Å². The molecule has 110 valence electrons. The lowest BCUT2D eigenvalue weighted by Crippen LogP contribution is -2.17. The van der Waals surface area contributed by atoms with E-state index in [1.54, 1.807) is 12.1 Å². The zero-order valence-electron chi connectivity index (χ0n) is 11.1. The summed E-state index contributed by atoms with van der Waals surface area (Å²) in [7, 11) is 0. The first-order valence-corrected chi connectivity index (χ1v) is 6.80. The van der Waals surface area contributed by atoms with Crippen molar-refractivity contribution in [3.05, 3.63) is 51.8 Å². The monoisotopic (exact) mass is 326 g/mol. The molecule has 8 heteroatoms. The number of oxime groups is 1. The minimum absolute atomic E-state index is 0.0208. The second kappa shape index (κ2) is 6.60. The molecule has 0 amide bonds. The van der Waals surface area contributed by atoms with Gasteiger partial charge in [0, 0.05) is 23.3 Å². The molecule has 0 spiro atoms. The van der Waals surface area contributed by atoms with Crippen molar-refractivity contribution in [1.29, 1.82) is 0 Å². The van der Waals surface area contributed by atoms with E-state index in [-0.39, 0.29) is 11.5 Å². The van der Waals surface area contributed by atoms with E-state index >= 15 is 0 Å². The molecule has 2 N–H and O–H groups in total. The van der Waals surface area contributed by atoms with Gasteiger partial charge in [-0.2, -0.15) is 5.10 Å². The molecule has 0 aliphatic rings. The average molecular weight is 327 g/mol. The maximum atomic E-state index is 11.9. The van der Waals surface area contributed by atoms with Gasteiger partial charge in [0.25, 0.3) is 0 Å². The lowest BCUT2D eigenvalue weighted by molar-refractivity contribution is 0.0501. The average Bonchev–Trinajstić information content (AvgIpc) is 2.92. The van der Waals surface area contributed by atoms with Crippen LogP contribution in [-0.4, -0.2) is 21.6 Å². The lowest BCUT2D eigenvalue weighted by atomic mass is 10.2. The second-order valence-corrected chi connectivity index (χ2v) is 4.86. The van der Waals surface area contributed by atoms with Crippen molar-refractivity contribution in [1.82, 2.24) is 9.78 Å². The summed E-state index contributed by atoms with van der Waals surface area (Å²) in [5, 5.41) is 8.35. The third-order valence-corrected chi connectivity index (χ3v) is 3.21. The molecule has 0 aliphatic heterocycles. The van der Waals surface area contributed by atoms with Crippen LogP contribution in [0.3, 0.4) is 0 Å². The Morgan fingerprint density at radius 1 is 1.43 bits per heavy atom. The maximum Gasteiger partial charge on any atom is 0.383 e. The molecule has 0 atom stereocenters. The molecule has 0 fully saturated rings. The Morgan fingerprint density at radius 3 is 2.86 bits per heavy atom. The summed E-state index contributed by atoms with van der Waals surface area (Å²) in [5.41, 5.74) is 6.46. The third-order valence-electron chi connectivity index (χ3n) is 2.66. The molecule has 1 aromatic carbocycles. The van der Waals surface area contributed by atoms with E-state index in [1.807, 2.05) is 6.92 Å². The van der Waals surface area contributed by atoms with Gasteiger partial charge in [0.15, 0.2) is 5.84 Å². The van der Waals surface area contributed by atoms with Gasteiger partial charge in [-0.15, -0.1) is 0 Å². The molecular formula is C13H12Cl2N4O2. The number of nitrogens with zero attached hydrogens (tertiary/aromatic N) is 3. The van der Waals surface area contributed by atoms with Crippen LogP contribution in [0, 0.1) is 0 Å². The van der Waals surface area contributed by atoms with Crippen molar-refractivity contribution in [3.63, 3.8) is 0 Å². The van der Waals surface area contributed by atoms with E-state index in [2.05, 4.69) is 10.3 Å². The van der Waals surface area contributed by atoms with Crippen molar-refractivity contribution in [2.24, 2.45) is 10.9 Å². The number of halogens is 2. The quantitative estimate of drug-likeness (QED) is 0.405. The summed E-state index contributed by atoms with van der Waals surface area (Å²) in [6, 6.07) is 6.26. The van der Waals surface area contributed by atoms with Crippen LogP contribution in [0.2, 0.25) is 10.0 Å². The van der Waals surface area contributed by atoms with Gasteiger partial charge in [0.1, 0.15) is 5.69 Å². The fourth-order valence-electron chi connectivity index (χ4n) is 1.64. The first-order valence-electron chi connectivity index (χ1n) is 6.05. The predicted molar refractivity (Wildman–Crippen MR) is 80.5 cm³/mol. The Balaban J connectivity index is 2.15. The summed E-state index contributed by atoms with van der Waals surface area (Å²) in [6.45, 7) is 2.40. The molecule has 21 heavy (non-hydrogen) atoms. The topological polar surface area (TPSA) is 82.5 Å². The van der Waals surface area contributed by atoms with Crippen LogP contribution in [0.4, 0.5) is 0 Å². The van der Waals surface area contributed by atoms with Crippen molar-refractivity contribution in [3.8, 4) is 0 Å². The van der Waals surface area contributed by atoms with Gasteiger partial charge < -0.3 is 10.6 Å². The highest BCUT2D eigenvalue weighted by Gasteiger charge is 2.14. The Bertz CT molecular complexity index is 697. The number of nitrogens with two attached hydrogens (primary N) is 1. The van der Waals surface area contributed by atoms with Crippen LogP contribution in [0.15, 0.2) is 35.6 Å². The lowest BCUT2D eigenvalue weighted by Gasteiger charge is -2.04. The van der Waals surface area contributed by atoms with Gasteiger partial charge in [-0.25, -0.2) is 4.79 Å². The number of aromatic nitrogens is 2. The minimum atomic E-state index is -0.651. The van der Waals surface area contributed by atoms with Gasteiger partial charge in [0.05, 0.1) is 5.02 Å². The fraction of sp³-hybridized carbons (Fsp3) is 0.154. The van der Waals surface area contributed by atoms with E-state index in [0.29, 0.717) is 22.2 Å². The largest absolute Gasteiger partial charge is 0.383 e. The first-order chi connectivity index (χ1) is 10.0. The standard InChI is InChI=1S/C13H12Cl2N4O2/c1-2-19-11(5-6-17-19)13(20)21-18-12(16)9-4-3-8(14)7-10(9)15/h3-7H,2H2,1H3,(H2,16,18). The van der Waals surface area contributed by atoms with Crippen LogP contribution in [0.5, 0.6) is 0 Å². The molecule has 0 radical (unpaired) electrons. The zero-order valence-corrected chi connectivity index (χ0v) is 12.6. The van der Waals surface area contributed by atoms with Crippen LogP contribution in [-0.2, 0) is 11.4 Å². The molecule has 0 aliphatic carbocycles. The summed E-state index contributed by atoms with van der Waals surface area (Å²) in [5.74, 6) is -0.671. The Kier molecular flexibility index (Phi) is 4.82. The predicted octanol–water partition coefficient (Wildman–Crippen LogP) is 2.69. The number of carbonyl (C=O) groups is 1. The summed E-state index contributed by atoms with van der Waals surface area (Å²) in [6.07, 6.45) is 1.50. The molecule has 0 bridgehead atoms. The van der Waals surface area contributed by atoms with Crippen LogP contribution >= 0.6 is 23.2 Å². The smallest absolute Gasteiger partial charge is 0.380 e. The van der Waals surface area contributed by atoms with Crippen LogP contribution < -0.4 is 5.73 Å². The normalized spacial score (nSPS) is 11.5. The van der Waals surface area contributed by atoms with Gasteiger partial charge in [-0.3, -0.25) is 4.68 Å². The van der Waals surface area contributed by atoms with Crippen molar-refractivity contribution in [2.75, 3.05) is 0 Å². The van der Waals surface area contributed by atoms with E-state index < -0.39 is 5.97 Å². The third kappa shape index (κ3) is 3.53. The SMILES string of the molecule is CCn1nccc1C(=O)O/N=C(\N)c1ccc(Cl)cc1Cl. The Hall–Kier alpha value is -2.05. The maximum absolute atomic E-state index is 11.9. The number of hydrogen-bond acceptors (Lipinski definition) is 4. The summed E-state index contributed by atoms with van der Waals surface area (Å²) < 4.78 is 1.49. The summed E-state index contributed by atoms with van der Waals surface area (Å²) >= 11 is 11.8. The molecular weight excluding hydrogens is 315 g/mol. The van der Waals surface area contributed by atoms with Crippen molar-refractivity contribution in [2.45, 2.75) is 13.5 Å². The Morgan fingerprint density at radius 2 is 2.19 bits per heavy atom. The van der Waals surface area contributed by atoms with E-state index in [9.17, 15) is 4.79 Å². The number of benzene rings is 1. The first kappa shape index (κ1) is 15.3. The van der Waals surface area contributed by atoms with Gasteiger partial charge in [-0.05, 0) is 31.2 Å². The molecule has 2 rings (SSSR count). The fourth-order valence-corrected chi connectivity index (χ4v) is 2.15. The van der Waals surface area contributed by atoms with Crippen molar-refractivity contribution < 1.29 is 9.63 Å². The van der Waals surface area contributed by atoms with Gasteiger partial charge in [-0.1, -0.05) is 28.4 Å². The second-order valence-electron chi connectivity index (χ2n) is 4.01. The number of aryl methyl sites for hydroxylation is 1. The number of amidine groups is 1. The molecule has 1 heterocycles. The van der Waals surface area contributed by atoms with E-state index in [1.165, 1.54) is 23.0 Å². The molecule has 2 aromatic rings. The molecule has 6 nitrogen and oxygen atoms in total. The highest BCUT2D eigenvalue weighted by Crippen LogP contribution is 2.20. The molecule has 0 saturated carbocycles. The summed E-state index contributed by atoms with van der Waals surface area (Å²) in [4.78, 5) is 16.7. The van der Waals surface area contributed by atoms with E-state index in [4.69, 9.17) is 33.8 Å². The Labute approximate surface area is 131 Å². The highest BCUT2D eigenvalue weighted by molar-refractivity contribution is 6.36. The highest BCUT2D eigenvalue weighted by atomic mass is 35.5. The minimum Gasteiger partial charge on any atom is -0.380 e. The van der Waals surface area contributed by atoms with Gasteiger partial charge >= 0.3 is 5.97 Å². The molecule has 1 aromatic heterocycles.